The Hall–Kier alpha value is -0.153. The maximum Gasteiger partial charge on any atom is 0.192 e. The second-order valence-electron chi connectivity index (χ2n) is 3.42. The van der Waals surface area contributed by atoms with Crippen LogP contribution in [-0.4, -0.2) is 20.7 Å². The van der Waals surface area contributed by atoms with Crippen molar-refractivity contribution in [3.8, 4) is 0 Å². The zero-order valence-electron chi connectivity index (χ0n) is 9.35. The topological polar surface area (TPSA) is 26.3 Å². The second kappa shape index (κ2) is 6.32. The van der Waals surface area contributed by atoms with Crippen molar-refractivity contribution in [2.45, 2.75) is 52.2 Å². The van der Waals surface area contributed by atoms with E-state index in [9.17, 15) is 4.79 Å². The Kier molecular flexibility index (Phi) is 6.25. The van der Waals surface area contributed by atoms with Gasteiger partial charge < -0.3 is 4.43 Å². The molecule has 0 saturated heterocycles. The van der Waals surface area contributed by atoms with Crippen LogP contribution in [0.2, 0.25) is 18.1 Å². The fourth-order valence-electron chi connectivity index (χ4n) is 1.39. The maximum absolute atomic E-state index is 11.1. The number of carbonyl (C=O) groups is 1. The SMILES string of the molecule is CCC(=O)CO[Si](CC)(CC)CC. The van der Waals surface area contributed by atoms with Gasteiger partial charge in [-0.05, 0) is 18.1 Å². The lowest BCUT2D eigenvalue weighted by molar-refractivity contribution is -0.120. The summed E-state index contributed by atoms with van der Waals surface area (Å²) >= 11 is 0. The summed E-state index contributed by atoms with van der Waals surface area (Å²) in [6.07, 6.45) is 0.599. The minimum absolute atomic E-state index is 0.229. The Morgan fingerprint density at radius 1 is 1.08 bits per heavy atom. The molecule has 0 N–H and O–H groups in total. The number of carbonyl (C=O) groups excluding carboxylic acids is 1. The van der Waals surface area contributed by atoms with Gasteiger partial charge >= 0.3 is 0 Å². The minimum atomic E-state index is -1.52. The van der Waals surface area contributed by atoms with Gasteiger partial charge in [-0.25, -0.2) is 0 Å². The van der Waals surface area contributed by atoms with Crippen LogP contribution in [0.4, 0.5) is 0 Å². The summed E-state index contributed by atoms with van der Waals surface area (Å²) in [5.41, 5.74) is 0. The molecule has 0 fully saturated rings. The third kappa shape index (κ3) is 4.05. The molecule has 0 aliphatic heterocycles. The van der Waals surface area contributed by atoms with E-state index in [1.807, 2.05) is 6.92 Å². The van der Waals surface area contributed by atoms with Gasteiger partial charge in [0.2, 0.25) is 0 Å². The molecular weight excluding hydrogens is 180 g/mol. The molecule has 0 aromatic heterocycles. The number of hydrogen-bond acceptors (Lipinski definition) is 2. The molecule has 0 radical (unpaired) electrons. The second-order valence-corrected chi connectivity index (χ2v) is 8.20. The molecule has 0 bridgehead atoms. The van der Waals surface area contributed by atoms with Crippen molar-refractivity contribution in [1.82, 2.24) is 0 Å². The number of rotatable bonds is 7. The van der Waals surface area contributed by atoms with Crippen LogP contribution in [-0.2, 0) is 9.22 Å². The molecule has 0 aliphatic carbocycles. The smallest absolute Gasteiger partial charge is 0.192 e. The highest BCUT2D eigenvalue weighted by molar-refractivity contribution is 6.73. The zero-order valence-corrected chi connectivity index (χ0v) is 10.4. The first-order valence-corrected chi connectivity index (χ1v) is 7.82. The summed E-state index contributed by atoms with van der Waals surface area (Å²) in [7, 11) is -1.52. The van der Waals surface area contributed by atoms with Crippen LogP contribution in [0.25, 0.3) is 0 Å². The Bertz CT molecular complexity index is 145. The standard InChI is InChI=1S/C10H22O2Si/c1-5-10(11)9-12-13(6-2,7-3)8-4/h5-9H2,1-4H3. The third-order valence-corrected chi connectivity index (χ3v) is 7.49. The lowest BCUT2D eigenvalue weighted by Crippen LogP contribution is -2.37. The third-order valence-electron chi connectivity index (χ3n) is 2.87. The molecular formula is C10H22O2Si. The number of ketones is 1. The minimum Gasteiger partial charge on any atom is -0.410 e. The Morgan fingerprint density at radius 2 is 1.54 bits per heavy atom. The van der Waals surface area contributed by atoms with Crippen molar-refractivity contribution in [2.75, 3.05) is 6.61 Å². The van der Waals surface area contributed by atoms with Gasteiger partial charge in [0.15, 0.2) is 14.1 Å². The fraction of sp³-hybridized carbons (Fsp3) is 0.900. The summed E-state index contributed by atoms with van der Waals surface area (Å²) in [4.78, 5) is 11.1. The highest BCUT2D eigenvalue weighted by Gasteiger charge is 2.28. The highest BCUT2D eigenvalue weighted by Crippen LogP contribution is 2.21. The maximum atomic E-state index is 11.1. The van der Waals surface area contributed by atoms with E-state index in [-0.39, 0.29) is 5.78 Å². The quantitative estimate of drug-likeness (QED) is 0.593. The normalized spacial score (nSPS) is 11.7. The molecule has 0 unspecified atom stereocenters. The van der Waals surface area contributed by atoms with E-state index in [0.29, 0.717) is 13.0 Å². The van der Waals surface area contributed by atoms with E-state index in [0.717, 1.165) is 18.1 Å². The van der Waals surface area contributed by atoms with Gasteiger partial charge in [0.25, 0.3) is 0 Å². The molecule has 13 heavy (non-hydrogen) atoms. The van der Waals surface area contributed by atoms with Gasteiger partial charge in [0, 0.05) is 6.42 Å². The lowest BCUT2D eigenvalue weighted by atomic mass is 10.3. The molecule has 0 aromatic rings. The average Bonchev–Trinajstić information content (AvgIpc) is 2.20. The van der Waals surface area contributed by atoms with Crippen molar-refractivity contribution < 1.29 is 9.22 Å². The molecule has 0 heterocycles. The predicted octanol–water partition coefficient (Wildman–Crippen LogP) is 2.99. The van der Waals surface area contributed by atoms with Gasteiger partial charge in [-0.1, -0.05) is 27.7 Å². The predicted molar refractivity (Wildman–Crippen MR) is 58.4 cm³/mol. The molecule has 0 rings (SSSR count). The first-order chi connectivity index (χ1) is 6.14. The fourth-order valence-corrected chi connectivity index (χ4v) is 3.97. The molecule has 0 spiro atoms. The molecule has 0 saturated carbocycles. The summed E-state index contributed by atoms with van der Waals surface area (Å²) in [5, 5.41) is 0. The van der Waals surface area contributed by atoms with Crippen LogP contribution in [0.3, 0.4) is 0 Å². The summed E-state index contributed by atoms with van der Waals surface area (Å²) in [5.74, 6) is 0.229. The summed E-state index contributed by atoms with van der Waals surface area (Å²) < 4.78 is 5.82. The van der Waals surface area contributed by atoms with E-state index in [2.05, 4.69) is 20.8 Å². The van der Waals surface area contributed by atoms with Gasteiger partial charge in [0.05, 0.1) is 6.61 Å². The van der Waals surface area contributed by atoms with Crippen molar-refractivity contribution in [3.63, 3.8) is 0 Å². The average molecular weight is 202 g/mol. The number of Topliss-reactive ketones (excluding diaryl/α,β-unsaturated/α-hetero) is 1. The van der Waals surface area contributed by atoms with E-state index in [1.54, 1.807) is 0 Å². The lowest BCUT2D eigenvalue weighted by Gasteiger charge is -2.27. The first-order valence-electron chi connectivity index (χ1n) is 5.29. The van der Waals surface area contributed by atoms with E-state index < -0.39 is 8.32 Å². The van der Waals surface area contributed by atoms with Crippen LogP contribution in [0.1, 0.15) is 34.1 Å². The van der Waals surface area contributed by atoms with Crippen LogP contribution in [0.15, 0.2) is 0 Å². The Balaban J connectivity index is 4.02. The van der Waals surface area contributed by atoms with E-state index in [4.69, 9.17) is 4.43 Å². The first kappa shape index (κ1) is 12.8. The largest absolute Gasteiger partial charge is 0.410 e. The van der Waals surface area contributed by atoms with Crippen LogP contribution >= 0.6 is 0 Å². The van der Waals surface area contributed by atoms with Gasteiger partial charge in [-0.15, -0.1) is 0 Å². The summed E-state index contributed by atoms with van der Waals surface area (Å²) in [6.45, 7) is 8.76. The molecule has 0 atom stereocenters. The molecule has 0 amide bonds. The van der Waals surface area contributed by atoms with Gasteiger partial charge in [-0.2, -0.15) is 0 Å². The van der Waals surface area contributed by atoms with E-state index in [1.165, 1.54) is 0 Å². The van der Waals surface area contributed by atoms with Crippen molar-refractivity contribution in [1.29, 1.82) is 0 Å². The van der Waals surface area contributed by atoms with E-state index >= 15 is 0 Å². The Morgan fingerprint density at radius 3 is 1.85 bits per heavy atom. The molecule has 2 nitrogen and oxygen atoms in total. The van der Waals surface area contributed by atoms with Crippen LogP contribution in [0.5, 0.6) is 0 Å². The molecule has 0 aromatic carbocycles. The van der Waals surface area contributed by atoms with Gasteiger partial charge in [0.1, 0.15) is 0 Å². The number of hydrogen-bond donors (Lipinski definition) is 0. The van der Waals surface area contributed by atoms with Crippen molar-refractivity contribution >= 4 is 14.1 Å². The molecule has 0 aliphatic rings. The van der Waals surface area contributed by atoms with Crippen molar-refractivity contribution in [2.24, 2.45) is 0 Å². The summed E-state index contributed by atoms with van der Waals surface area (Å²) in [6, 6.07) is 3.37. The van der Waals surface area contributed by atoms with Gasteiger partial charge in [-0.3, -0.25) is 4.79 Å². The zero-order chi connectivity index (χ0) is 10.3. The highest BCUT2D eigenvalue weighted by atomic mass is 28.4. The molecule has 3 heteroatoms. The van der Waals surface area contributed by atoms with Crippen molar-refractivity contribution in [3.05, 3.63) is 0 Å². The molecule has 78 valence electrons. The van der Waals surface area contributed by atoms with Crippen LogP contribution < -0.4 is 0 Å². The Labute approximate surface area is 82.8 Å². The van der Waals surface area contributed by atoms with Crippen LogP contribution in [0, 0.1) is 0 Å². The monoisotopic (exact) mass is 202 g/mol.